The molecule has 0 spiro atoms. The summed E-state index contributed by atoms with van der Waals surface area (Å²) >= 11 is 0. The summed E-state index contributed by atoms with van der Waals surface area (Å²) in [7, 11) is 0. The van der Waals surface area contributed by atoms with Gasteiger partial charge in [-0.15, -0.1) is 0 Å². The number of hydrogen-bond acceptors (Lipinski definition) is 4. The van der Waals surface area contributed by atoms with Crippen LogP contribution in [0.5, 0.6) is 0 Å². The van der Waals surface area contributed by atoms with Gasteiger partial charge < -0.3 is 4.74 Å². The molecule has 0 radical (unpaired) electrons. The van der Waals surface area contributed by atoms with Crippen molar-refractivity contribution >= 4 is 5.97 Å². The first-order valence-corrected chi connectivity index (χ1v) is 10.8. The van der Waals surface area contributed by atoms with E-state index in [-0.39, 0.29) is 11.4 Å². The second kappa shape index (κ2) is 9.01. The van der Waals surface area contributed by atoms with E-state index in [9.17, 15) is 4.79 Å². The van der Waals surface area contributed by atoms with E-state index in [1.54, 1.807) is 0 Å². The molecule has 3 rings (SSSR count). The van der Waals surface area contributed by atoms with Crippen molar-refractivity contribution in [3.05, 3.63) is 72.1 Å². The van der Waals surface area contributed by atoms with Gasteiger partial charge >= 0.3 is 5.97 Å². The Morgan fingerprint density at radius 1 is 0.774 bits per heavy atom. The van der Waals surface area contributed by atoms with E-state index in [1.165, 1.54) is 5.56 Å². The van der Waals surface area contributed by atoms with Gasteiger partial charge in [0.1, 0.15) is 5.60 Å². The first-order chi connectivity index (χ1) is 14.5. The van der Waals surface area contributed by atoms with Crippen LogP contribution < -0.4 is 0 Å². The molecular formula is C27H32N2O2. The van der Waals surface area contributed by atoms with Crippen LogP contribution >= 0.6 is 0 Å². The number of esters is 1. The molecule has 0 amide bonds. The molecule has 3 aromatic rings. The maximum atomic E-state index is 11.9. The molecule has 0 unspecified atom stereocenters. The highest BCUT2D eigenvalue weighted by Crippen LogP contribution is 2.26. The van der Waals surface area contributed by atoms with Crippen LogP contribution in [-0.4, -0.2) is 21.5 Å². The summed E-state index contributed by atoms with van der Waals surface area (Å²) in [5.74, 6) is 0.514. The average molecular weight is 417 g/mol. The zero-order chi connectivity index (χ0) is 22.6. The third-order valence-corrected chi connectivity index (χ3v) is 4.99. The molecular weight excluding hydrogens is 384 g/mol. The average Bonchev–Trinajstić information content (AvgIpc) is 2.71. The van der Waals surface area contributed by atoms with Gasteiger partial charge in [0.15, 0.2) is 5.82 Å². The van der Waals surface area contributed by atoms with E-state index in [1.807, 2.05) is 57.4 Å². The van der Waals surface area contributed by atoms with E-state index in [0.717, 1.165) is 22.3 Å². The highest BCUT2D eigenvalue weighted by Gasteiger charge is 2.16. The summed E-state index contributed by atoms with van der Waals surface area (Å²) in [5.41, 5.74) is 5.15. The molecule has 0 atom stereocenters. The second-order valence-electron chi connectivity index (χ2n) is 9.91. The molecule has 0 saturated heterocycles. The Morgan fingerprint density at radius 3 is 1.84 bits per heavy atom. The van der Waals surface area contributed by atoms with Crippen molar-refractivity contribution in [2.75, 3.05) is 0 Å². The SMILES string of the molecule is CC(C)(C)OC(=O)CCc1ccc(-c2ncc(-c3ccc(C(C)(C)C)cc3)cn2)cc1. The van der Waals surface area contributed by atoms with Crippen LogP contribution in [0.1, 0.15) is 59.1 Å². The van der Waals surface area contributed by atoms with E-state index in [2.05, 4.69) is 55.0 Å². The molecule has 2 aromatic carbocycles. The topological polar surface area (TPSA) is 52.1 Å². The molecule has 0 aliphatic heterocycles. The Hall–Kier alpha value is -3.01. The molecule has 162 valence electrons. The zero-order valence-electron chi connectivity index (χ0n) is 19.4. The van der Waals surface area contributed by atoms with E-state index >= 15 is 0 Å². The first-order valence-electron chi connectivity index (χ1n) is 10.8. The molecule has 0 aliphatic rings. The number of carbonyl (C=O) groups is 1. The third-order valence-electron chi connectivity index (χ3n) is 4.99. The number of benzene rings is 2. The van der Waals surface area contributed by atoms with Gasteiger partial charge in [-0.1, -0.05) is 69.3 Å². The van der Waals surface area contributed by atoms with Gasteiger partial charge in [0, 0.05) is 29.9 Å². The maximum absolute atomic E-state index is 11.9. The third kappa shape index (κ3) is 6.48. The summed E-state index contributed by atoms with van der Waals surface area (Å²) in [6.45, 7) is 12.3. The lowest BCUT2D eigenvalue weighted by Crippen LogP contribution is -2.23. The smallest absolute Gasteiger partial charge is 0.306 e. The molecule has 31 heavy (non-hydrogen) atoms. The Bertz CT molecular complexity index is 1010. The fourth-order valence-corrected chi connectivity index (χ4v) is 3.25. The van der Waals surface area contributed by atoms with Crippen molar-refractivity contribution < 1.29 is 9.53 Å². The molecule has 0 aliphatic carbocycles. The molecule has 0 N–H and O–H groups in total. The van der Waals surface area contributed by atoms with Gasteiger partial charge in [0.25, 0.3) is 0 Å². The molecule has 4 nitrogen and oxygen atoms in total. The lowest BCUT2D eigenvalue weighted by molar-refractivity contribution is -0.154. The largest absolute Gasteiger partial charge is 0.460 e. The van der Waals surface area contributed by atoms with E-state index < -0.39 is 5.60 Å². The molecule has 0 fully saturated rings. The summed E-state index contributed by atoms with van der Waals surface area (Å²) in [5, 5.41) is 0. The maximum Gasteiger partial charge on any atom is 0.306 e. The standard InChI is InChI=1S/C27H32N2O2/c1-26(2,3)23-14-12-20(13-15-23)22-17-28-25(29-18-22)21-10-7-19(8-11-21)9-16-24(30)31-27(4,5)6/h7-8,10-15,17-18H,9,16H2,1-6H3. The molecule has 4 heteroatoms. The lowest BCUT2D eigenvalue weighted by atomic mass is 9.86. The second-order valence-corrected chi connectivity index (χ2v) is 9.91. The normalized spacial score (nSPS) is 11.9. The van der Waals surface area contributed by atoms with Gasteiger partial charge in [-0.2, -0.15) is 0 Å². The predicted octanol–water partition coefficient (Wildman–Crippen LogP) is 6.38. The summed E-state index contributed by atoms with van der Waals surface area (Å²) in [4.78, 5) is 21.0. The van der Waals surface area contributed by atoms with Gasteiger partial charge in [-0.3, -0.25) is 4.79 Å². The van der Waals surface area contributed by atoms with Crippen molar-refractivity contribution in [1.82, 2.24) is 9.97 Å². The number of hydrogen-bond donors (Lipinski definition) is 0. The zero-order valence-corrected chi connectivity index (χ0v) is 19.4. The van der Waals surface area contributed by atoms with Crippen molar-refractivity contribution in [2.45, 2.75) is 65.4 Å². The fraction of sp³-hybridized carbons (Fsp3) is 0.370. The number of nitrogens with zero attached hydrogens (tertiary/aromatic N) is 2. The summed E-state index contributed by atoms with van der Waals surface area (Å²) < 4.78 is 5.36. The number of rotatable bonds is 5. The summed E-state index contributed by atoms with van der Waals surface area (Å²) in [6, 6.07) is 16.6. The monoisotopic (exact) mass is 416 g/mol. The Kier molecular flexibility index (Phi) is 6.59. The molecule has 0 saturated carbocycles. The van der Waals surface area contributed by atoms with Crippen molar-refractivity contribution in [1.29, 1.82) is 0 Å². The quantitative estimate of drug-likeness (QED) is 0.453. The van der Waals surface area contributed by atoms with E-state index in [0.29, 0.717) is 18.7 Å². The highest BCUT2D eigenvalue weighted by molar-refractivity contribution is 5.70. The Balaban J connectivity index is 1.64. The number of carbonyl (C=O) groups excluding carboxylic acids is 1. The lowest BCUT2D eigenvalue weighted by Gasteiger charge is -2.19. The number of aryl methyl sites for hydroxylation is 1. The predicted molar refractivity (Wildman–Crippen MR) is 126 cm³/mol. The molecule has 1 aromatic heterocycles. The molecule has 1 heterocycles. The van der Waals surface area contributed by atoms with E-state index in [4.69, 9.17) is 4.74 Å². The van der Waals surface area contributed by atoms with Gasteiger partial charge in [-0.25, -0.2) is 9.97 Å². The van der Waals surface area contributed by atoms with Crippen molar-refractivity contribution in [3.63, 3.8) is 0 Å². The van der Waals surface area contributed by atoms with Crippen molar-refractivity contribution in [2.24, 2.45) is 0 Å². The van der Waals surface area contributed by atoms with Crippen LogP contribution in [-0.2, 0) is 21.4 Å². The molecule has 0 bridgehead atoms. The van der Waals surface area contributed by atoms with Crippen LogP contribution in [0.4, 0.5) is 0 Å². The van der Waals surface area contributed by atoms with Crippen LogP contribution in [0, 0.1) is 0 Å². The van der Waals surface area contributed by atoms with Gasteiger partial charge in [0.2, 0.25) is 0 Å². The van der Waals surface area contributed by atoms with Crippen LogP contribution in [0.2, 0.25) is 0 Å². The van der Waals surface area contributed by atoms with Crippen LogP contribution in [0.15, 0.2) is 60.9 Å². The van der Waals surface area contributed by atoms with Crippen molar-refractivity contribution in [3.8, 4) is 22.5 Å². The Labute approximate surface area is 185 Å². The number of aromatic nitrogens is 2. The minimum Gasteiger partial charge on any atom is -0.460 e. The van der Waals surface area contributed by atoms with Crippen LogP contribution in [0.3, 0.4) is 0 Å². The van der Waals surface area contributed by atoms with Gasteiger partial charge in [-0.05, 0) is 49.3 Å². The minimum absolute atomic E-state index is 0.137. The minimum atomic E-state index is -0.445. The highest BCUT2D eigenvalue weighted by atomic mass is 16.6. The summed E-state index contributed by atoms with van der Waals surface area (Å²) in [6.07, 6.45) is 4.76. The first kappa shape index (κ1) is 22.7. The van der Waals surface area contributed by atoms with Crippen LogP contribution in [0.25, 0.3) is 22.5 Å². The fourth-order valence-electron chi connectivity index (χ4n) is 3.25. The van der Waals surface area contributed by atoms with Gasteiger partial charge in [0.05, 0.1) is 0 Å². The number of ether oxygens (including phenoxy) is 1. The Morgan fingerprint density at radius 2 is 1.32 bits per heavy atom.